The molecule has 2 atom stereocenters. The van der Waals surface area contributed by atoms with Crippen LogP contribution in [0.4, 0.5) is 0 Å². The zero-order chi connectivity index (χ0) is 21.4. The van der Waals surface area contributed by atoms with Crippen molar-refractivity contribution in [2.24, 2.45) is 10.8 Å². The number of aromatic hydroxyl groups is 2. The van der Waals surface area contributed by atoms with Gasteiger partial charge in [0, 0.05) is 0 Å². The molecule has 0 spiro atoms. The van der Waals surface area contributed by atoms with Gasteiger partial charge in [-0.15, -0.1) is 0 Å². The zero-order valence-corrected chi connectivity index (χ0v) is 19.0. The second-order valence-electron chi connectivity index (χ2n) is 11.7. The molecule has 4 aliphatic carbocycles. The maximum Gasteiger partial charge on any atom is 0.118 e. The zero-order valence-electron chi connectivity index (χ0n) is 19.0. The molecule has 4 fully saturated rings. The van der Waals surface area contributed by atoms with Crippen molar-refractivity contribution in [3.8, 4) is 11.5 Å². The van der Waals surface area contributed by atoms with Crippen LogP contribution >= 0.6 is 0 Å². The Morgan fingerprint density at radius 3 is 1.67 bits per heavy atom. The lowest BCUT2D eigenvalue weighted by Crippen LogP contribution is -2.63. The lowest BCUT2D eigenvalue weighted by atomic mass is 9.33. The Hall–Kier alpha value is -1.96. The normalized spacial score (nSPS) is 36.9. The Labute approximate surface area is 181 Å². The molecule has 2 N–H and O–H groups in total. The van der Waals surface area contributed by atoms with E-state index < -0.39 is 0 Å². The Morgan fingerprint density at radius 1 is 0.733 bits per heavy atom. The molecular formula is C28H36O2. The quantitative estimate of drug-likeness (QED) is 0.572. The topological polar surface area (TPSA) is 40.5 Å². The van der Waals surface area contributed by atoms with Crippen molar-refractivity contribution in [3.63, 3.8) is 0 Å². The van der Waals surface area contributed by atoms with Crippen LogP contribution in [0.15, 0.2) is 36.4 Å². The summed E-state index contributed by atoms with van der Waals surface area (Å²) < 4.78 is 0. The molecule has 0 aliphatic heterocycles. The Bertz CT molecular complexity index is 936. The second-order valence-corrected chi connectivity index (χ2v) is 11.7. The lowest BCUT2D eigenvalue weighted by molar-refractivity contribution is -0.138. The van der Waals surface area contributed by atoms with Crippen molar-refractivity contribution in [1.82, 2.24) is 0 Å². The van der Waals surface area contributed by atoms with E-state index in [4.69, 9.17) is 0 Å². The first-order valence-corrected chi connectivity index (χ1v) is 11.7. The van der Waals surface area contributed by atoms with Gasteiger partial charge in [0.2, 0.25) is 0 Å². The van der Waals surface area contributed by atoms with Gasteiger partial charge in [0.25, 0.3) is 0 Å². The summed E-state index contributed by atoms with van der Waals surface area (Å²) in [7, 11) is 0. The minimum absolute atomic E-state index is 0.183. The molecule has 0 amide bonds. The van der Waals surface area contributed by atoms with Crippen LogP contribution in [0.2, 0.25) is 0 Å². The van der Waals surface area contributed by atoms with Crippen molar-refractivity contribution >= 4 is 0 Å². The third-order valence-corrected chi connectivity index (χ3v) is 8.83. The summed E-state index contributed by atoms with van der Waals surface area (Å²) in [5, 5.41) is 20.3. The number of hydrogen-bond donors (Lipinski definition) is 2. The highest BCUT2D eigenvalue weighted by atomic mass is 16.3. The monoisotopic (exact) mass is 404 g/mol. The van der Waals surface area contributed by atoms with Crippen molar-refractivity contribution < 1.29 is 10.2 Å². The van der Waals surface area contributed by atoms with Crippen molar-refractivity contribution in [2.45, 2.75) is 89.9 Å². The molecule has 6 rings (SSSR count). The summed E-state index contributed by atoms with van der Waals surface area (Å²) in [6.45, 7) is 8.94. The Morgan fingerprint density at radius 2 is 1.23 bits per heavy atom. The fraction of sp³-hybridized carbons (Fsp3) is 0.571. The van der Waals surface area contributed by atoms with Crippen molar-refractivity contribution in [3.05, 3.63) is 58.7 Å². The van der Waals surface area contributed by atoms with Gasteiger partial charge in [-0.3, -0.25) is 0 Å². The maximum atomic E-state index is 10.2. The molecule has 0 aromatic heterocycles. The third-order valence-electron chi connectivity index (χ3n) is 8.83. The van der Waals surface area contributed by atoms with Crippen molar-refractivity contribution in [1.29, 1.82) is 0 Å². The van der Waals surface area contributed by atoms with Crippen LogP contribution in [0, 0.1) is 24.7 Å². The minimum atomic E-state index is 0.183. The van der Waals surface area contributed by atoms with Gasteiger partial charge in [-0.1, -0.05) is 44.5 Å². The average molecular weight is 405 g/mol. The van der Waals surface area contributed by atoms with Crippen LogP contribution in [0.25, 0.3) is 0 Å². The number of benzene rings is 2. The first-order valence-electron chi connectivity index (χ1n) is 11.7. The molecule has 0 radical (unpaired) electrons. The summed E-state index contributed by atoms with van der Waals surface area (Å²) in [5.41, 5.74) is 5.97. The molecule has 30 heavy (non-hydrogen) atoms. The molecular weight excluding hydrogens is 368 g/mol. The Kier molecular flexibility index (Phi) is 4.18. The fourth-order valence-corrected chi connectivity index (χ4v) is 8.75. The van der Waals surface area contributed by atoms with Crippen LogP contribution in [-0.4, -0.2) is 10.2 Å². The molecule has 2 aromatic rings. The van der Waals surface area contributed by atoms with E-state index in [1.807, 2.05) is 26.0 Å². The van der Waals surface area contributed by atoms with Gasteiger partial charge in [-0.2, -0.15) is 0 Å². The molecule has 4 saturated carbocycles. The molecule has 2 aromatic carbocycles. The minimum Gasteiger partial charge on any atom is -0.508 e. The van der Waals surface area contributed by atoms with Crippen LogP contribution < -0.4 is 0 Å². The highest BCUT2D eigenvalue weighted by molar-refractivity contribution is 5.46. The molecule has 4 aliphatic rings. The van der Waals surface area contributed by atoms with E-state index in [0.29, 0.717) is 22.3 Å². The second kappa shape index (κ2) is 6.28. The van der Waals surface area contributed by atoms with E-state index in [-0.39, 0.29) is 10.8 Å². The first-order chi connectivity index (χ1) is 14.1. The van der Waals surface area contributed by atoms with Gasteiger partial charge in [-0.25, -0.2) is 0 Å². The van der Waals surface area contributed by atoms with Gasteiger partial charge >= 0.3 is 0 Å². The summed E-state index contributed by atoms with van der Waals surface area (Å²) in [4.78, 5) is 0. The predicted octanol–water partition coefficient (Wildman–Crippen LogP) is 7.06. The summed E-state index contributed by atoms with van der Waals surface area (Å²) in [6, 6.07) is 12.8. The van der Waals surface area contributed by atoms with Crippen molar-refractivity contribution in [2.75, 3.05) is 0 Å². The van der Waals surface area contributed by atoms with Crippen LogP contribution in [0.5, 0.6) is 11.5 Å². The highest BCUT2D eigenvalue weighted by Crippen LogP contribution is 2.75. The Balaban J connectivity index is 1.70. The smallest absolute Gasteiger partial charge is 0.118 e. The van der Waals surface area contributed by atoms with E-state index in [0.717, 1.165) is 11.1 Å². The summed E-state index contributed by atoms with van der Waals surface area (Å²) in [5.74, 6) is 0.809. The molecule has 2 heteroatoms. The summed E-state index contributed by atoms with van der Waals surface area (Å²) >= 11 is 0. The van der Waals surface area contributed by atoms with Gasteiger partial charge in [0.05, 0.1) is 0 Å². The molecule has 2 unspecified atom stereocenters. The number of phenols is 2. The molecule has 0 heterocycles. The highest BCUT2D eigenvalue weighted by Gasteiger charge is 2.67. The number of aryl methyl sites for hydroxylation is 2. The third kappa shape index (κ3) is 2.82. The standard InChI is InChI=1S/C28H36O2/c1-5-10-26-13-25(4)14-27(16-26,21-6-8-23(29)19(2)11-21)18-28(15-25,17-26)22-7-9-24(30)20(3)12-22/h6-9,11-12,29-30H,5,10,13-18H2,1-4H3. The number of phenolic OH excluding ortho intramolecular Hbond substituents is 2. The van der Waals surface area contributed by atoms with E-state index >= 15 is 0 Å². The van der Waals surface area contributed by atoms with E-state index in [1.54, 1.807) is 0 Å². The number of hydrogen-bond acceptors (Lipinski definition) is 2. The molecule has 4 bridgehead atoms. The van der Waals surface area contributed by atoms with Gasteiger partial charge in [0.15, 0.2) is 0 Å². The van der Waals surface area contributed by atoms with Gasteiger partial charge in [-0.05, 0) is 115 Å². The maximum absolute atomic E-state index is 10.2. The number of rotatable bonds is 4. The molecule has 0 saturated heterocycles. The van der Waals surface area contributed by atoms with E-state index in [2.05, 4.69) is 38.1 Å². The molecule has 160 valence electrons. The van der Waals surface area contributed by atoms with Crippen LogP contribution in [0.3, 0.4) is 0 Å². The predicted molar refractivity (Wildman–Crippen MR) is 122 cm³/mol. The van der Waals surface area contributed by atoms with Gasteiger partial charge in [0.1, 0.15) is 11.5 Å². The SMILES string of the molecule is CCCC12CC3(C)CC(c4ccc(O)c(C)c4)(C1)CC(c1ccc(O)c(C)c1)(C3)C2. The van der Waals surface area contributed by atoms with Gasteiger partial charge < -0.3 is 10.2 Å². The fourth-order valence-electron chi connectivity index (χ4n) is 8.75. The van der Waals surface area contributed by atoms with Crippen LogP contribution in [-0.2, 0) is 10.8 Å². The lowest BCUT2D eigenvalue weighted by Gasteiger charge is -2.71. The molecule has 2 nitrogen and oxygen atoms in total. The van der Waals surface area contributed by atoms with E-state index in [9.17, 15) is 10.2 Å². The van der Waals surface area contributed by atoms with Crippen LogP contribution in [0.1, 0.15) is 87.5 Å². The first kappa shape index (κ1) is 20.0. The summed E-state index contributed by atoms with van der Waals surface area (Å²) in [6.07, 6.45) is 10.2. The largest absolute Gasteiger partial charge is 0.508 e. The van der Waals surface area contributed by atoms with E-state index in [1.165, 1.54) is 62.5 Å². The average Bonchev–Trinajstić information content (AvgIpc) is 2.64.